The van der Waals surface area contributed by atoms with Gasteiger partial charge >= 0.3 is 6.18 Å². The second-order valence-electron chi connectivity index (χ2n) is 5.32. The van der Waals surface area contributed by atoms with E-state index in [1.807, 2.05) is 4.90 Å². The molecule has 2 aromatic rings. The molecule has 118 valence electrons. The van der Waals surface area contributed by atoms with E-state index in [1.165, 1.54) is 13.1 Å². The second kappa shape index (κ2) is 5.19. The summed E-state index contributed by atoms with van der Waals surface area (Å²) in [5.74, 6) is -0.0165. The molecular formula is C14H15F3N4O. The predicted octanol–water partition coefficient (Wildman–Crippen LogP) is 2.25. The monoisotopic (exact) mass is 312 g/mol. The summed E-state index contributed by atoms with van der Waals surface area (Å²) in [7, 11) is 0. The van der Waals surface area contributed by atoms with Gasteiger partial charge in [-0.2, -0.15) is 18.3 Å². The highest BCUT2D eigenvalue weighted by molar-refractivity contribution is 5.92. The zero-order valence-corrected chi connectivity index (χ0v) is 11.9. The number of nitrogens with one attached hydrogen (secondary N) is 1. The molecule has 22 heavy (non-hydrogen) atoms. The van der Waals surface area contributed by atoms with Crippen molar-refractivity contribution >= 4 is 22.5 Å². The maximum atomic E-state index is 13.0. The minimum absolute atomic E-state index is 0.0165. The molecule has 1 aromatic carbocycles. The summed E-state index contributed by atoms with van der Waals surface area (Å²) in [4.78, 5) is 14.9. The Morgan fingerprint density at radius 2 is 1.91 bits per heavy atom. The average Bonchev–Trinajstić information content (AvgIpc) is 2.93. The third kappa shape index (κ3) is 2.60. The van der Waals surface area contributed by atoms with Crippen LogP contribution in [0, 0.1) is 0 Å². The highest BCUT2D eigenvalue weighted by atomic mass is 19.4. The van der Waals surface area contributed by atoms with Crippen molar-refractivity contribution in [3.05, 3.63) is 23.9 Å². The van der Waals surface area contributed by atoms with Gasteiger partial charge in [0.25, 0.3) is 0 Å². The molecule has 1 aliphatic heterocycles. The van der Waals surface area contributed by atoms with Crippen molar-refractivity contribution < 1.29 is 18.0 Å². The van der Waals surface area contributed by atoms with Gasteiger partial charge in [0, 0.05) is 44.2 Å². The van der Waals surface area contributed by atoms with E-state index in [9.17, 15) is 18.0 Å². The number of aromatic amines is 1. The Labute approximate surface area is 124 Å². The topological polar surface area (TPSA) is 52.2 Å². The first-order valence-electron chi connectivity index (χ1n) is 6.91. The largest absolute Gasteiger partial charge is 0.416 e. The fourth-order valence-electron chi connectivity index (χ4n) is 2.72. The van der Waals surface area contributed by atoms with Crippen molar-refractivity contribution in [1.82, 2.24) is 15.1 Å². The number of alkyl halides is 3. The molecule has 1 amide bonds. The Kier molecular flexibility index (Phi) is 3.46. The first-order chi connectivity index (χ1) is 10.4. The number of amides is 1. The highest BCUT2D eigenvalue weighted by Crippen LogP contribution is 2.36. The Morgan fingerprint density at radius 1 is 1.23 bits per heavy atom. The van der Waals surface area contributed by atoms with Crippen molar-refractivity contribution in [2.45, 2.75) is 13.1 Å². The number of hydrogen-bond donors (Lipinski definition) is 1. The fourth-order valence-corrected chi connectivity index (χ4v) is 2.72. The quantitative estimate of drug-likeness (QED) is 0.879. The number of rotatable bonds is 1. The van der Waals surface area contributed by atoms with Gasteiger partial charge in [-0.3, -0.25) is 9.89 Å². The van der Waals surface area contributed by atoms with Crippen molar-refractivity contribution in [2.75, 3.05) is 31.1 Å². The van der Waals surface area contributed by atoms with Gasteiger partial charge in [-0.25, -0.2) is 0 Å². The van der Waals surface area contributed by atoms with Gasteiger partial charge in [0.1, 0.15) is 0 Å². The second-order valence-corrected chi connectivity index (χ2v) is 5.32. The van der Waals surface area contributed by atoms with Crippen LogP contribution in [-0.2, 0) is 11.0 Å². The molecule has 1 aliphatic rings. The summed E-state index contributed by atoms with van der Waals surface area (Å²) in [6.07, 6.45) is -2.88. The number of halogens is 3. The molecule has 0 unspecified atom stereocenters. The fraction of sp³-hybridized carbons (Fsp3) is 0.429. The number of anilines is 1. The Bertz CT molecular complexity index is 702. The molecule has 8 heteroatoms. The lowest BCUT2D eigenvalue weighted by atomic mass is 10.1. The number of H-pyrrole nitrogens is 1. The maximum Gasteiger partial charge on any atom is 0.416 e. The normalized spacial score (nSPS) is 16.4. The smallest absolute Gasteiger partial charge is 0.367 e. The van der Waals surface area contributed by atoms with Crippen LogP contribution >= 0.6 is 0 Å². The molecule has 1 saturated heterocycles. The number of carbonyl (C=O) groups is 1. The highest BCUT2D eigenvalue weighted by Gasteiger charge is 2.32. The van der Waals surface area contributed by atoms with Crippen molar-refractivity contribution in [2.24, 2.45) is 0 Å². The van der Waals surface area contributed by atoms with Gasteiger partial charge in [-0.1, -0.05) is 0 Å². The van der Waals surface area contributed by atoms with Crippen LogP contribution in [0.15, 0.2) is 18.3 Å². The number of carbonyl (C=O) groups excluding carboxylic acids is 1. The number of nitrogens with zero attached hydrogens (tertiary/aromatic N) is 3. The van der Waals surface area contributed by atoms with Gasteiger partial charge in [0.05, 0.1) is 17.3 Å². The van der Waals surface area contributed by atoms with Crippen LogP contribution in [0.5, 0.6) is 0 Å². The van der Waals surface area contributed by atoms with E-state index < -0.39 is 11.7 Å². The number of fused-ring (bicyclic) bond motifs is 1. The molecule has 1 N–H and O–H groups in total. The third-order valence-electron chi connectivity index (χ3n) is 3.93. The maximum absolute atomic E-state index is 13.0. The standard InChI is InChI=1S/C14H15F3N4O/c1-9(22)20-2-4-21(5-3-20)13-7-10(14(15,16)17)6-12-11(13)8-18-19-12/h6-8H,2-5H2,1H3,(H,18,19). The Hall–Kier alpha value is -2.25. The zero-order valence-electron chi connectivity index (χ0n) is 11.9. The predicted molar refractivity (Wildman–Crippen MR) is 75.6 cm³/mol. The third-order valence-corrected chi connectivity index (χ3v) is 3.93. The first-order valence-corrected chi connectivity index (χ1v) is 6.91. The van der Waals surface area contributed by atoms with Gasteiger partial charge in [-0.15, -0.1) is 0 Å². The van der Waals surface area contributed by atoms with E-state index in [0.29, 0.717) is 42.8 Å². The average molecular weight is 312 g/mol. The molecule has 3 rings (SSSR count). The van der Waals surface area contributed by atoms with E-state index in [4.69, 9.17) is 0 Å². The molecule has 0 bridgehead atoms. The molecule has 1 aromatic heterocycles. The van der Waals surface area contributed by atoms with Gasteiger partial charge < -0.3 is 9.80 Å². The van der Waals surface area contributed by atoms with Crippen molar-refractivity contribution in [3.63, 3.8) is 0 Å². The van der Waals surface area contributed by atoms with Crippen molar-refractivity contribution in [1.29, 1.82) is 0 Å². The van der Waals surface area contributed by atoms with Crippen LogP contribution in [-0.4, -0.2) is 47.2 Å². The van der Waals surface area contributed by atoms with E-state index >= 15 is 0 Å². The molecule has 1 fully saturated rings. The van der Waals surface area contributed by atoms with E-state index in [1.54, 1.807) is 4.90 Å². The molecule has 0 radical (unpaired) electrons. The lowest BCUT2D eigenvalue weighted by Crippen LogP contribution is -2.48. The summed E-state index contributed by atoms with van der Waals surface area (Å²) in [6, 6.07) is 2.22. The molecule has 0 aliphatic carbocycles. The van der Waals surface area contributed by atoms with Gasteiger partial charge in [0.15, 0.2) is 0 Å². The van der Waals surface area contributed by atoms with Crippen LogP contribution < -0.4 is 4.90 Å². The van der Waals surface area contributed by atoms with E-state index in [-0.39, 0.29) is 5.91 Å². The van der Waals surface area contributed by atoms with Crippen LogP contribution in [0.1, 0.15) is 12.5 Å². The summed E-state index contributed by atoms with van der Waals surface area (Å²) < 4.78 is 39.1. The minimum atomic E-state index is -4.41. The van der Waals surface area contributed by atoms with Crippen molar-refractivity contribution in [3.8, 4) is 0 Å². The molecule has 2 heterocycles. The van der Waals surface area contributed by atoms with Crippen LogP contribution in [0.25, 0.3) is 10.9 Å². The van der Waals surface area contributed by atoms with E-state index in [2.05, 4.69) is 10.2 Å². The SMILES string of the molecule is CC(=O)N1CCN(c2cc(C(F)(F)F)cc3[nH]ncc23)CC1. The summed E-state index contributed by atoms with van der Waals surface area (Å²) >= 11 is 0. The lowest BCUT2D eigenvalue weighted by molar-refractivity contribution is -0.137. The number of aromatic nitrogens is 2. The van der Waals surface area contributed by atoms with Gasteiger partial charge in [0.2, 0.25) is 5.91 Å². The number of benzene rings is 1. The van der Waals surface area contributed by atoms with Gasteiger partial charge in [-0.05, 0) is 12.1 Å². The van der Waals surface area contributed by atoms with E-state index in [0.717, 1.165) is 12.1 Å². The van der Waals surface area contributed by atoms with Crippen LogP contribution in [0.4, 0.5) is 18.9 Å². The number of hydrogen-bond acceptors (Lipinski definition) is 3. The summed E-state index contributed by atoms with van der Waals surface area (Å²) in [5, 5.41) is 7.09. The minimum Gasteiger partial charge on any atom is -0.367 e. The number of piperazine rings is 1. The lowest BCUT2D eigenvalue weighted by Gasteiger charge is -2.36. The molecule has 0 saturated carbocycles. The molecule has 0 atom stereocenters. The molecule has 0 spiro atoms. The Balaban J connectivity index is 1.96. The zero-order chi connectivity index (χ0) is 15.9. The summed E-state index contributed by atoms with van der Waals surface area (Å²) in [6.45, 7) is 3.51. The molecular weight excluding hydrogens is 297 g/mol. The first kappa shape index (κ1) is 14.7. The summed E-state index contributed by atoms with van der Waals surface area (Å²) in [5.41, 5.74) is 0.161. The molecule has 5 nitrogen and oxygen atoms in total. The Morgan fingerprint density at radius 3 is 2.50 bits per heavy atom. The van der Waals surface area contributed by atoms with Crippen LogP contribution in [0.2, 0.25) is 0 Å². The van der Waals surface area contributed by atoms with Crippen LogP contribution in [0.3, 0.4) is 0 Å².